The zero-order chi connectivity index (χ0) is 9.97. The largest absolute Gasteiger partial charge is 0.362 e. The van der Waals surface area contributed by atoms with Crippen molar-refractivity contribution in [2.45, 2.75) is 0 Å². The van der Waals surface area contributed by atoms with Crippen LogP contribution in [0.5, 0.6) is 0 Å². The summed E-state index contributed by atoms with van der Waals surface area (Å²) >= 11 is 0. The first-order valence-corrected chi connectivity index (χ1v) is 4.40. The van der Waals surface area contributed by atoms with Crippen molar-refractivity contribution in [3.05, 3.63) is 30.7 Å². The standard InChI is InChI=1S/C10H12N4/c1-14(2)10-9(4-3-5-11-10)8-6-12-13-7-8/h3-7H,1-2H3,(H,12,13). The number of anilines is 1. The Labute approximate surface area is 82.6 Å². The second-order valence-electron chi connectivity index (χ2n) is 3.26. The van der Waals surface area contributed by atoms with E-state index in [-0.39, 0.29) is 0 Å². The minimum atomic E-state index is 0.953. The van der Waals surface area contributed by atoms with Gasteiger partial charge in [0.2, 0.25) is 0 Å². The van der Waals surface area contributed by atoms with Crippen molar-refractivity contribution >= 4 is 5.82 Å². The molecule has 2 aromatic rings. The second-order valence-corrected chi connectivity index (χ2v) is 3.26. The van der Waals surface area contributed by atoms with E-state index >= 15 is 0 Å². The molecule has 1 N–H and O–H groups in total. The topological polar surface area (TPSA) is 44.8 Å². The molecule has 0 amide bonds. The van der Waals surface area contributed by atoms with Gasteiger partial charge in [-0.2, -0.15) is 5.10 Å². The van der Waals surface area contributed by atoms with Gasteiger partial charge in [-0.1, -0.05) is 0 Å². The molecule has 0 fully saturated rings. The molecule has 4 nitrogen and oxygen atoms in total. The number of hydrogen-bond donors (Lipinski definition) is 1. The van der Waals surface area contributed by atoms with Crippen LogP contribution < -0.4 is 4.90 Å². The van der Waals surface area contributed by atoms with E-state index < -0.39 is 0 Å². The van der Waals surface area contributed by atoms with E-state index in [4.69, 9.17) is 0 Å². The van der Waals surface area contributed by atoms with Crippen molar-refractivity contribution < 1.29 is 0 Å². The number of nitrogens with zero attached hydrogens (tertiary/aromatic N) is 3. The third-order valence-corrected chi connectivity index (χ3v) is 2.02. The fraction of sp³-hybridized carbons (Fsp3) is 0.200. The van der Waals surface area contributed by atoms with E-state index in [0.717, 1.165) is 16.9 Å². The molecule has 0 spiro atoms. The lowest BCUT2D eigenvalue weighted by Crippen LogP contribution is -2.11. The van der Waals surface area contributed by atoms with Crippen LogP contribution in [0.4, 0.5) is 5.82 Å². The highest BCUT2D eigenvalue weighted by Gasteiger charge is 2.07. The fourth-order valence-electron chi connectivity index (χ4n) is 1.38. The molecule has 14 heavy (non-hydrogen) atoms. The molecule has 2 aromatic heterocycles. The van der Waals surface area contributed by atoms with Gasteiger partial charge in [-0.05, 0) is 12.1 Å². The monoisotopic (exact) mass is 188 g/mol. The van der Waals surface area contributed by atoms with Crippen molar-refractivity contribution in [3.63, 3.8) is 0 Å². The van der Waals surface area contributed by atoms with Crippen molar-refractivity contribution in [2.24, 2.45) is 0 Å². The Kier molecular flexibility index (Phi) is 2.18. The third kappa shape index (κ3) is 1.46. The van der Waals surface area contributed by atoms with Crippen molar-refractivity contribution in [1.82, 2.24) is 15.2 Å². The molecular formula is C10H12N4. The minimum absolute atomic E-state index is 0.953. The van der Waals surface area contributed by atoms with Gasteiger partial charge >= 0.3 is 0 Å². The Morgan fingerprint density at radius 1 is 1.36 bits per heavy atom. The highest BCUT2D eigenvalue weighted by atomic mass is 15.1. The first kappa shape index (κ1) is 8.74. The molecule has 2 heterocycles. The molecule has 0 aliphatic heterocycles. The summed E-state index contributed by atoms with van der Waals surface area (Å²) in [5, 5.41) is 6.73. The van der Waals surface area contributed by atoms with Crippen LogP contribution in [-0.4, -0.2) is 29.3 Å². The van der Waals surface area contributed by atoms with Crippen molar-refractivity contribution in [2.75, 3.05) is 19.0 Å². The zero-order valence-corrected chi connectivity index (χ0v) is 8.23. The van der Waals surface area contributed by atoms with Gasteiger partial charge < -0.3 is 4.90 Å². The predicted molar refractivity (Wildman–Crippen MR) is 56.1 cm³/mol. The predicted octanol–water partition coefficient (Wildman–Crippen LogP) is 1.54. The number of rotatable bonds is 2. The second kappa shape index (κ2) is 3.49. The summed E-state index contributed by atoms with van der Waals surface area (Å²) in [4.78, 5) is 6.31. The Morgan fingerprint density at radius 3 is 2.86 bits per heavy atom. The number of hydrogen-bond acceptors (Lipinski definition) is 3. The number of nitrogens with one attached hydrogen (secondary N) is 1. The normalized spacial score (nSPS) is 10.1. The van der Waals surface area contributed by atoms with E-state index in [1.54, 1.807) is 12.4 Å². The first-order valence-electron chi connectivity index (χ1n) is 4.40. The molecule has 0 saturated heterocycles. The zero-order valence-electron chi connectivity index (χ0n) is 8.23. The van der Waals surface area contributed by atoms with E-state index in [2.05, 4.69) is 15.2 Å². The van der Waals surface area contributed by atoms with Gasteiger partial charge in [0.25, 0.3) is 0 Å². The highest BCUT2D eigenvalue weighted by molar-refractivity contribution is 5.74. The van der Waals surface area contributed by atoms with Crippen LogP contribution in [0.2, 0.25) is 0 Å². The molecule has 0 atom stereocenters. The lowest BCUT2D eigenvalue weighted by molar-refractivity contribution is 1.07. The quantitative estimate of drug-likeness (QED) is 0.777. The Morgan fingerprint density at radius 2 is 2.21 bits per heavy atom. The Balaban J connectivity index is 2.53. The van der Waals surface area contributed by atoms with Gasteiger partial charge in [0, 0.05) is 37.6 Å². The number of aromatic nitrogens is 3. The molecule has 0 aliphatic carbocycles. The maximum atomic E-state index is 4.32. The van der Waals surface area contributed by atoms with Crippen LogP contribution in [0, 0.1) is 0 Å². The molecule has 72 valence electrons. The molecule has 0 radical (unpaired) electrons. The smallest absolute Gasteiger partial charge is 0.135 e. The summed E-state index contributed by atoms with van der Waals surface area (Å²) in [7, 11) is 3.96. The SMILES string of the molecule is CN(C)c1ncccc1-c1cn[nH]c1. The fourth-order valence-corrected chi connectivity index (χ4v) is 1.38. The van der Waals surface area contributed by atoms with Crippen LogP contribution in [0.15, 0.2) is 30.7 Å². The van der Waals surface area contributed by atoms with Crippen LogP contribution in [-0.2, 0) is 0 Å². The van der Waals surface area contributed by atoms with Crippen molar-refractivity contribution in [1.29, 1.82) is 0 Å². The number of H-pyrrole nitrogens is 1. The van der Waals surface area contributed by atoms with Crippen LogP contribution in [0.25, 0.3) is 11.1 Å². The molecule has 2 rings (SSSR count). The average Bonchev–Trinajstić information content (AvgIpc) is 2.70. The summed E-state index contributed by atoms with van der Waals surface area (Å²) in [6.07, 6.45) is 5.45. The average molecular weight is 188 g/mol. The van der Waals surface area contributed by atoms with Crippen LogP contribution in [0.3, 0.4) is 0 Å². The summed E-state index contributed by atoms with van der Waals surface area (Å²) in [6.45, 7) is 0. The van der Waals surface area contributed by atoms with Crippen LogP contribution >= 0.6 is 0 Å². The summed E-state index contributed by atoms with van der Waals surface area (Å²) in [6, 6.07) is 3.96. The molecule has 0 unspecified atom stereocenters. The van der Waals surface area contributed by atoms with Crippen molar-refractivity contribution in [3.8, 4) is 11.1 Å². The molecular weight excluding hydrogens is 176 g/mol. The molecule has 4 heteroatoms. The lowest BCUT2D eigenvalue weighted by atomic mass is 10.1. The van der Waals surface area contributed by atoms with Gasteiger partial charge in [-0.3, -0.25) is 5.10 Å². The summed E-state index contributed by atoms with van der Waals surface area (Å²) < 4.78 is 0. The van der Waals surface area contributed by atoms with Gasteiger partial charge in [-0.15, -0.1) is 0 Å². The van der Waals surface area contributed by atoms with Gasteiger partial charge in [0.05, 0.1) is 6.20 Å². The molecule has 0 aromatic carbocycles. The van der Waals surface area contributed by atoms with E-state index in [9.17, 15) is 0 Å². The third-order valence-electron chi connectivity index (χ3n) is 2.02. The van der Waals surface area contributed by atoms with E-state index in [0.29, 0.717) is 0 Å². The maximum absolute atomic E-state index is 4.32. The first-order chi connectivity index (χ1) is 6.79. The number of aromatic amines is 1. The Hall–Kier alpha value is -1.84. The highest BCUT2D eigenvalue weighted by Crippen LogP contribution is 2.25. The summed E-state index contributed by atoms with van der Waals surface area (Å²) in [5.74, 6) is 0.953. The molecule has 0 saturated carbocycles. The minimum Gasteiger partial charge on any atom is -0.362 e. The maximum Gasteiger partial charge on any atom is 0.135 e. The lowest BCUT2D eigenvalue weighted by Gasteiger charge is -2.14. The Bertz CT molecular complexity index is 406. The molecule has 0 bridgehead atoms. The van der Waals surface area contributed by atoms with E-state index in [1.807, 2.05) is 37.3 Å². The van der Waals surface area contributed by atoms with Gasteiger partial charge in [0.15, 0.2) is 0 Å². The van der Waals surface area contributed by atoms with E-state index in [1.165, 1.54) is 0 Å². The van der Waals surface area contributed by atoms with Gasteiger partial charge in [-0.25, -0.2) is 4.98 Å². The van der Waals surface area contributed by atoms with Gasteiger partial charge in [0.1, 0.15) is 5.82 Å². The number of pyridine rings is 1. The molecule has 0 aliphatic rings. The summed E-state index contributed by atoms with van der Waals surface area (Å²) in [5.41, 5.74) is 2.15. The van der Waals surface area contributed by atoms with Crippen LogP contribution in [0.1, 0.15) is 0 Å².